The van der Waals surface area contributed by atoms with E-state index in [1.165, 1.54) is 0 Å². The Morgan fingerprint density at radius 1 is 1.12 bits per heavy atom. The Bertz CT molecular complexity index is 1030. The zero-order valence-electron chi connectivity index (χ0n) is 19.2. The molecule has 1 unspecified atom stereocenters. The Balaban J connectivity index is 1.94. The molecule has 0 amide bonds. The van der Waals surface area contributed by atoms with E-state index in [0.29, 0.717) is 44.0 Å². The quantitative estimate of drug-likeness (QED) is 0.352. The Morgan fingerprint density at radius 2 is 1.85 bits per heavy atom. The Labute approximate surface area is 194 Å². The number of methoxy groups -OCH3 is 2. The number of aliphatic carboxylic acids is 1. The molecule has 2 atom stereocenters. The molecule has 0 bridgehead atoms. The molecule has 2 aromatic rings. The summed E-state index contributed by atoms with van der Waals surface area (Å²) >= 11 is 0. The maximum absolute atomic E-state index is 13.0. The number of unbranched alkanes of at least 4 members (excludes halogenated alkanes) is 1. The summed E-state index contributed by atoms with van der Waals surface area (Å²) in [5.74, 6) is 0.0271. The minimum absolute atomic E-state index is 0.0181. The molecule has 33 heavy (non-hydrogen) atoms. The van der Waals surface area contributed by atoms with E-state index in [4.69, 9.17) is 15.2 Å². The molecule has 1 aliphatic rings. The molecule has 0 aliphatic carbocycles. The number of hydrogen-bond donors (Lipinski definition) is 3. The lowest BCUT2D eigenvalue weighted by Crippen LogP contribution is -2.53. The van der Waals surface area contributed by atoms with Gasteiger partial charge in [0.15, 0.2) is 16.7 Å². The first kappa shape index (κ1) is 25.2. The molecule has 2 aromatic carbocycles. The van der Waals surface area contributed by atoms with Crippen molar-refractivity contribution < 1.29 is 28.8 Å². The zero-order chi connectivity index (χ0) is 24.1. The molecule has 0 radical (unpaired) electrons. The van der Waals surface area contributed by atoms with Gasteiger partial charge in [-0.1, -0.05) is 42.8 Å². The summed E-state index contributed by atoms with van der Waals surface area (Å²) in [7, 11) is -0.697. The summed E-state index contributed by atoms with van der Waals surface area (Å²) in [6, 6.07) is 13.5. The van der Waals surface area contributed by atoms with Crippen molar-refractivity contribution >= 4 is 13.3 Å². The molecule has 8 nitrogen and oxygen atoms in total. The number of carbonyl (C=O) groups is 1. The van der Waals surface area contributed by atoms with Crippen LogP contribution in [-0.4, -0.2) is 66.0 Å². The fraction of sp³-hybridized carbons (Fsp3) is 0.458. The average Bonchev–Trinajstić information content (AvgIpc) is 2.80. The van der Waals surface area contributed by atoms with Gasteiger partial charge in [0.1, 0.15) is 0 Å². The topological polar surface area (TPSA) is 122 Å². The van der Waals surface area contributed by atoms with E-state index < -0.39 is 18.5 Å². The van der Waals surface area contributed by atoms with Crippen LogP contribution in [0.2, 0.25) is 0 Å². The first-order valence-electron chi connectivity index (χ1n) is 11.1. The number of benzene rings is 2. The van der Waals surface area contributed by atoms with Crippen LogP contribution in [0.1, 0.15) is 24.8 Å². The van der Waals surface area contributed by atoms with Gasteiger partial charge in [0, 0.05) is 31.4 Å². The summed E-state index contributed by atoms with van der Waals surface area (Å²) < 4.78 is 24.1. The van der Waals surface area contributed by atoms with Crippen LogP contribution < -0.4 is 15.2 Å². The van der Waals surface area contributed by atoms with Crippen molar-refractivity contribution in [1.29, 1.82) is 0 Å². The highest BCUT2D eigenvalue weighted by molar-refractivity contribution is 7.61. The second kappa shape index (κ2) is 10.7. The molecule has 180 valence electrons. The van der Waals surface area contributed by atoms with Gasteiger partial charge in [0.25, 0.3) is 0 Å². The van der Waals surface area contributed by atoms with Crippen molar-refractivity contribution in [3.8, 4) is 22.6 Å². The molecule has 4 N–H and O–H groups in total. The fourth-order valence-corrected chi connectivity index (χ4v) is 6.80. The van der Waals surface area contributed by atoms with Crippen molar-refractivity contribution in [2.45, 2.75) is 31.0 Å². The maximum Gasteiger partial charge on any atom is 0.320 e. The lowest BCUT2D eigenvalue weighted by atomic mass is 9.96. The fourth-order valence-electron chi connectivity index (χ4n) is 4.59. The normalized spacial score (nSPS) is 23.3. The predicted octanol–water partition coefficient (Wildman–Crippen LogP) is 3.41. The van der Waals surface area contributed by atoms with Crippen LogP contribution in [0.15, 0.2) is 42.5 Å². The third-order valence-electron chi connectivity index (χ3n) is 6.42. The molecule has 0 aromatic heterocycles. The highest BCUT2D eigenvalue weighted by Crippen LogP contribution is 2.59. The third kappa shape index (κ3) is 5.09. The lowest BCUT2D eigenvalue weighted by molar-refractivity contribution is -0.141. The number of rotatable bonds is 10. The molecule has 9 heteroatoms. The number of nitrogens with zero attached hydrogens (tertiary/aromatic N) is 1. The second-order valence-electron chi connectivity index (χ2n) is 8.42. The molecule has 0 saturated carbocycles. The zero-order valence-corrected chi connectivity index (χ0v) is 20.1. The van der Waals surface area contributed by atoms with E-state index in [2.05, 4.69) is 0 Å². The van der Waals surface area contributed by atoms with Gasteiger partial charge in [-0.25, -0.2) is 0 Å². The summed E-state index contributed by atoms with van der Waals surface area (Å²) in [6.45, 7) is 1.24. The van der Waals surface area contributed by atoms with Crippen molar-refractivity contribution in [2.24, 2.45) is 5.73 Å². The molecule has 0 spiro atoms. The minimum atomic E-state index is -3.88. The van der Waals surface area contributed by atoms with Crippen LogP contribution in [-0.2, 0) is 15.9 Å². The lowest BCUT2D eigenvalue weighted by Gasteiger charge is -2.43. The number of nitrogens with two attached hydrogens (primary N) is 1. The van der Waals surface area contributed by atoms with Gasteiger partial charge in [-0.3, -0.25) is 14.3 Å². The predicted molar refractivity (Wildman–Crippen MR) is 128 cm³/mol. The average molecular weight is 477 g/mol. The van der Waals surface area contributed by atoms with Gasteiger partial charge < -0.3 is 25.2 Å². The highest BCUT2D eigenvalue weighted by atomic mass is 31.2. The minimum Gasteiger partial charge on any atom is -0.493 e. The Hall–Kier alpha value is -2.38. The van der Waals surface area contributed by atoms with Crippen LogP contribution in [0.4, 0.5) is 0 Å². The van der Waals surface area contributed by atoms with E-state index in [-0.39, 0.29) is 19.1 Å². The van der Waals surface area contributed by atoms with Crippen molar-refractivity contribution in [3.63, 3.8) is 0 Å². The number of hydrogen-bond acceptors (Lipinski definition) is 6. The summed E-state index contributed by atoms with van der Waals surface area (Å²) in [5.41, 5.74) is 8.35. The van der Waals surface area contributed by atoms with Crippen LogP contribution in [0.3, 0.4) is 0 Å². The number of ether oxygens (including phenoxy) is 2. The van der Waals surface area contributed by atoms with E-state index in [0.717, 1.165) is 16.7 Å². The van der Waals surface area contributed by atoms with Gasteiger partial charge in [-0.2, -0.15) is 0 Å². The summed E-state index contributed by atoms with van der Waals surface area (Å²) in [4.78, 5) is 25.0. The Kier molecular flexibility index (Phi) is 8.19. The van der Waals surface area contributed by atoms with Crippen LogP contribution in [0.5, 0.6) is 11.5 Å². The molecule has 1 fully saturated rings. The van der Waals surface area contributed by atoms with E-state index in [9.17, 15) is 19.4 Å². The van der Waals surface area contributed by atoms with Crippen molar-refractivity contribution in [1.82, 2.24) is 4.90 Å². The summed E-state index contributed by atoms with van der Waals surface area (Å²) in [6.07, 6.45) is 1.20. The molecular formula is C24H33N2O6P. The van der Waals surface area contributed by atoms with E-state index in [1.54, 1.807) is 14.2 Å². The van der Waals surface area contributed by atoms with Gasteiger partial charge in [-0.15, -0.1) is 0 Å². The van der Waals surface area contributed by atoms with E-state index in [1.807, 2.05) is 47.4 Å². The maximum atomic E-state index is 13.0. The third-order valence-corrected chi connectivity index (χ3v) is 9.12. The number of carboxylic acid groups (broad SMARTS) is 1. The van der Waals surface area contributed by atoms with Crippen molar-refractivity contribution in [3.05, 3.63) is 48.0 Å². The smallest absolute Gasteiger partial charge is 0.320 e. The monoisotopic (exact) mass is 476 g/mol. The first-order chi connectivity index (χ1) is 15.8. The number of para-hydroxylation sites is 1. The number of carboxylic acids is 1. The largest absolute Gasteiger partial charge is 0.493 e. The van der Waals surface area contributed by atoms with Gasteiger partial charge in [0.2, 0.25) is 7.37 Å². The molecule has 1 saturated heterocycles. The van der Waals surface area contributed by atoms with Gasteiger partial charge in [0.05, 0.1) is 14.2 Å². The Morgan fingerprint density at radius 3 is 2.52 bits per heavy atom. The van der Waals surface area contributed by atoms with Gasteiger partial charge >= 0.3 is 5.97 Å². The van der Waals surface area contributed by atoms with E-state index >= 15 is 0 Å². The molecule has 1 aliphatic heterocycles. The van der Waals surface area contributed by atoms with Crippen LogP contribution >= 0.6 is 7.37 Å². The second-order valence-corrected chi connectivity index (χ2v) is 11.1. The highest BCUT2D eigenvalue weighted by Gasteiger charge is 2.56. The standard InChI is InChI=1S/C24H33N2O6P/c1-31-21-11-7-10-20(22(21)32-2)19-9-4-3-8-18(19)16-26-14-15-33(29,30)24(17-26,23(27)28)12-5-6-13-25/h3-4,7-11H,5-6,12-17,25H2,1-2H3,(H,27,28)(H,29,30)/t24-/m0/s1. The summed E-state index contributed by atoms with van der Waals surface area (Å²) in [5, 5.41) is 8.37. The molecule has 1 heterocycles. The van der Waals surface area contributed by atoms with Crippen LogP contribution in [0.25, 0.3) is 11.1 Å². The van der Waals surface area contributed by atoms with Crippen molar-refractivity contribution in [2.75, 3.05) is 40.0 Å². The SMILES string of the molecule is COc1cccc(-c2ccccc2CN2CCP(=O)(O)[C@](CCCCN)(C(=O)O)C2)c1OC. The first-order valence-corrected chi connectivity index (χ1v) is 12.9. The van der Waals surface area contributed by atoms with Gasteiger partial charge in [-0.05, 0) is 36.6 Å². The van der Waals surface area contributed by atoms with Crippen LogP contribution in [0, 0.1) is 0 Å². The molecule has 3 rings (SSSR count). The molecular weight excluding hydrogens is 443 g/mol.